The Morgan fingerprint density at radius 1 is 1.40 bits per heavy atom. The highest BCUT2D eigenvalue weighted by atomic mass is 35.5. The number of hydrogen-bond donors (Lipinski definition) is 1. The molecule has 0 spiro atoms. The van der Waals surface area contributed by atoms with E-state index in [2.05, 4.69) is 6.92 Å². The minimum Gasteiger partial charge on any atom is -0.507 e. The summed E-state index contributed by atoms with van der Waals surface area (Å²) in [7, 11) is 0. The second-order valence-electron chi connectivity index (χ2n) is 3.27. The van der Waals surface area contributed by atoms with Gasteiger partial charge in [-0.1, -0.05) is 48.9 Å². The van der Waals surface area contributed by atoms with E-state index in [1.165, 1.54) is 0 Å². The van der Waals surface area contributed by atoms with Gasteiger partial charge in [0.2, 0.25) is 0 Å². The molecule has 2 heteroatoms. The lowest BCUT2D eigenvalue weighted by atomic mass is 10.0. The van der Waals surface area contributed by atoms with Crippen LogP contribution in [0.25, 0.3) is 5.57 Å². The van der Waals surface area contributed by atoms with Crippen LogP contribution in [-0.4, -0.2) is 5.11 Å². The van der Waals surface area contributed by atoms with Crippen molar-refractivity contribution in [3.05, 3.63) is 47.0 Å². The molecule has 0 aliphatic heterocycles. The van der Waals surface area contributed by atoms with Crippen LogP contribution in [0.15, 0.2) is 41.4 Å². The summed E-state index contributed by atoms with van der Waals surface area (Å²) in [5.41, 5.74) is 1.64. The van der Waals surface area contributed by atoms with Crippen molar-refractivity contribution in [3.8, 4) is 5.75 Å². The fraction of sp³-hybridized carbons (Fsp3) is 0.231. The van der Waals surface area contributed by atoms with Crippen LogP contribution in [-0.2, 0) is 0 Å². The first kappa shape index (κ1) is 11.9. The van der Waals surface area contributed by atoms with E-state index in [1.807, 2.05) is 31.2 Å². The molecular weight excluding hydrogens is 208 g/mol. The third-order valence-corrected chi connectivity index (χ3v) is 2.29. The molecule has 0 radical (unpaired) electrons. The Balaban J connectivity index is 3.18. The van der Waals surface area contributed by atoms with Crippen molar-refractivity contribution in [3.63, 3.8) is 0 Å². The van der Waals surface area contributed by atoms with Gasteiger partial charge in [0, 0.05) is 10.6 Å². The first-order valence-corrected chi connectivity index (χ1v) is 5.36. The summed E-state index contributed by atoms with van der Waals surface area (Å²) in [6, 6.07) is 7.20. The van der Waals surface area contributed by atoms with Crippen molar-refractivity contribution in [2.24, 2.45) is 0 Å². The summed E-state index contributed by atoms with van der Waals surface area (Å²) in [4.78, 5) is 0. The molecule has 0 aliphatic rings. The van der Waals surface area contributed by atoms with Crippen molar-refractivity contribution in [2.75, 3.05) is 0 Å². The van der Waals surface area contributed by atoms with Gasteiger partial charge in [0.25, 0.3) is 0 Å². The van der Waals surface area contributed by atoms with Crippen LogP contribution in [0, 0.1) is 0 Å². The zero-order valence-electron chi connectivity index (χ0n) is 9.00. The molecule has 0 fully saturated rings. The van der Waals surface area contributed by atoms with Crippen LogP contribution in [0.2, 0.25) is 0 Å². The third kappa shape index (κ3) is 3.14. The predicted octanol–water partition coefficient (Wildman–Crippen LogP) is 4.33. The number of phenols is 1. The molecule has 0 aromatic heterocycles. The fourth-order valence-corrected chi connectivity index (χ4v) is 1.49. The van der Waals surface area contributed by atoms with E-state index in [0.717, 1.165) is 17.6 Å². The summed E-state index contributed by atoms with van der Waals surface area (Å²) in [6.07, 6.45) is 4.91. The van der Waals surface area contributed by atoms with Gasteiger partial charge in [-0.3, -0.25) is 0 Å². The molecule has 1 rings (SSSR count). The van der Waals surface area contributed by atoms with Gasteiger partial charge >= 0.3 is 0 Å². The molecule has 0 saturated heterocycles. The number of halogens is 1. The maximum Gasteiger partial charge on any atom is 0.123 e. The van der Waals surface area contributed by atoms with Gasteiger partial charge in [-0.15, -0.1) is 0 Å². The van der Waals surface area contributed by atoms with Gasteiger partial charge in [0.1, 0.15) is 5.75 Å². The summed E-state index contributed by atoms with van der Waals surface area (Å²) in [5.74, 6) is 0.258. The lowest BCUT2D eigenvalue weighted by Gasteiger charge is -2.06. The topological polar surface area (TPSA) is 20.2 Å². The highest BCUT2D eigenvalue weighted by Gasteiger charge is 2.05. The standard InChI is InChI=1S/C13H15ClO/c1-3-4-7-11(10(2)14)12-8-5-6-9-13(12)15/h4-9,15H,3H2,1-2H3/b7-4-,11-10-. The quantitative estimate of drug-likeness (QED) is 0.755. The molecule has 0 bridgehead atoms. The van der Waals surface area contributed by atoms with E-state index in [-0.39, 0.29) is 5.75 Å². The lowest BCUT2D eigenvalue weighted by molar-refractivity contribution is 0.473. The van der Waals surface area contributed by atoms with Crippen molar-refractivity contribution >= 4 is 17.2 Å². The molecule has 0 saturated carbocycles. The Labute approximate surface area is 95.7 Å². The summed E-state index contributed by atoms with van der Waals surface area (Å²) >= 11 is 6.00. The van der Waals surface area contributed by atoms with E-state index in [4.69, 9.17) is 11.6 Å². The zero-order valence-corrected chi connectivity index (χ0v) is 9.75. The van der Waals surface area contributed by atoms with Crippen LogP contribution in [0.4, 0.5) is 0 Å². The van der Waals surface area contributed by atoms with Crippen molar-refractivity contribution in [1.29, 1.82) is 0 Å². The molecule has 80 valence electrons. The number of benzene rings is 1. The van der Waals surface area contributed by atoms with Gasteiger partial charge in [0.05, 0.1) is 0 Å². The third-order valence-electron chi connectivity index (χ3n) is 2.09. The Bertz CT molecular complexity index is 387. The van der Waals surface area contributed by atoms with Crippen LogP contribution in [0.3, 0.4) is 0 Å². The number of aromatic hydroxyl groups is 1. The van der Waals surface area contributed by atoms with Gasteiger partial charge in [0.15, 0.2) is 0 Å². The maximum atomic E-state index is 9.70. The molecule has 0 aliphatic carbocycles. The average Bonchev–Trinajstić information content (AvgIpc) is 2.20. The Hall–Kier alpha value is -1.21. The highest BCUT2D eigenvalue weighted by Crippen LogP contribution is 2.29. The monoisotopic (exact) mass is 222 g/mol. The smallest absolute Gasteiger partial charge is 0.123 e. The van der Waals surface area contributed by atoms with Crippen molar-refractivity contribution < 1.29 is 5.11 Å². The largest absolute Gasteiger partial charge is 0.507 e. The van der Waals surface area contributed by atoms with Gasteiger partial charge in [-0.25, -0.2) is 0 Å². The molecule has 1 aromatic carbocycles. The Morgan fingerprint density at radius 3 is 2.60 bits per heavy atom. The molecule has 0 atom stereocenters. The van der Waals surface area contributed by atoms with Gasteiger partial charge in [-0.2, -0.15) is 0 Å². The summed E-state index contributed by atoms with van der Waals surface area (Å²) < 4.78 is 0. The zero-order chi connectivity index (χ0) is 11.3. The van der Waals surface area contributed by atoms with Crippen LogP contribution < -0.4 is 0 Å². The minimum absolute atomic E-state index is 0.258. The van der Waals surface area contributed by atoms with E-state index in [1.54, 1.807) is 12.1 Å². The van der Waals surface area contributed by atoms with Crippen LogP contribution in [0.1, 0.15) is 25.8 Å². The molecule has 0 unspecified atom stereocenters. The van der Waals surface area contributed by atoms with Gasteiger partial charge < -0.3 is 5.11 Å². The van der Waals surface area contributed by atoms with E-state index in [9.17, 15) is 5.11 Å². The number of allylic oxidation sites excluding steroid dienone is 4. The van der Waals surface area contributed by atoms with Crippen LogP contribution in [0.5, 0.6) is 5.75 Å². The van der Waals surface area contributed by atoms with E-state index >= 15 is 0 Å². The summed E-state index contributed by atoms with van der Waals surface area (Å²) in [6.45, 7) is 3.88. The van der Waals surface area contributed by atoms with Crippen molar-refractivity contribution in [2.45, 2.75) is 20.3 Å². The fourth-order valence-electron chi connectivity index (χ4n) is 1.33. The Morgan fingerprint density at radius 2 is 2.07 bits per heavy atom. The second-order valence-corrected chi connectivity index (χ2v) is 3.84. The lowest BCUT2D eigenvalue weighted by Crippen LogP contribution is -1.83. The number of hydrogen-bond acceptors (Lipinski definition) is 1. The maximum absolute atomic E-state index is 9.70. The first-order valence-electron chi connectivity index (χ1n) is 4.98. The second kappa shape index (κ2) is 5.62. The molecule has 1 nitrogen and oxygen atoms in total. The van der Waals surface area contributed by atoms with Crippen molar-refractivity contribution in [1.82, 2.24) is 0 Å². The molecule has 1 aromatic rings. The normalized spacial score (nSPS) is 13.0. The molecule has 0 amide bonds. The predicted molar refractivity (Wildman–Crippen MR) is 66.0 cm³/mol. The summed E-state index contributed by atoms with van der Waals surface area (Å²) in [5, 5.41) is 10.4. The molecule has 0 heterocycles. The minimum atomic E-state index is 0.258. The Kier molecular flexibility index (Phi) is 4.44. The molecule has 15 heavy (non-hydrogen) atoms. The number of phenolic OH excluding ortho intramolecular Hbond substituents is 1. The SMILES string of the molecule is CC/C=C\C(=C(/C)Cl)c1ccccc1O. The van der Waals surface area contributed by atoms with Crippen LogP contribution >= 0.6 is 11.6 Å². The van der Waals surface area contributed by atoms with Gasteiger partial charge in [-0.05, 0) is 25.0 Å². The molecular formula is C13H15ClO. The first-order chi connectivity index (χ1) is 7.16. The van der Waals surface area contributed by atoms with E-state index < -0.39 is 0 Å². The average molecular weight is 223 g/mol. The highest BCUT2D eigenvalue weighted by molar-refractivity contribution is 6.32. The van der Waals surface area contributed by atoms with E-state index in [0.29, 0.717) is 5.03 Å². The number of para-hydroxylation sites is 1. The molecule has 1 N–H and O–H groups in total. The number of rotatable bonds is 3.